The van der Waals surface area contributed by atoms with Crippen LogP contribution in [0.5, 0.6) is 0 Å². The molecule has 1 amide bonds. The number of furan rings is 1. The smallest absolute Gasteiger partial charge is 0.287 e. The Morgan fingerprint density at radius 2 is 1.92 bits per heavy atom. The normalized spacial score (nSPS) is 10.9. The van der Waals surface area contributed by atoms with Crippen LogP contribution >= 0.6 is 11.6 Å². The number of halogens is 1. The van der Waals surface area contributed by atoms with Gasteiger partial charge >= 0.3 is 0 Å². The summed E-state index contributed by atoms with van der Waals surface area (Å²) < 4.78 is 7.45. The molecule has 0 radical (unpaired) electrons. The summed E-state index contributed by atoms with van der Waals surface area (Å²) in [5.41, 5.74) is 1.47. The molecule has 25 heavy (non-hydrogen) atoms. The van der Waals surface area contributed by atoms with Crippen molar-refractivity contribution in [2.45, 2.75) is 6.54 Å². The van der Waals surface area contributed by atoms with Crippen LogP contribution in [0.3, 0.4) is 0 Å². The maximum absolute atomic E-state index is 12.3. The minimum Gasteiger partial charge on any atom is -0.451 e. The van der Waals surface area contributed by atoms with E-state index >= 15 is 0 Å². The van der Waals surface area contributed by atoms with Crippen molar-refractivity contribution >= 4 is 23.2 Å². The Morgan fingerprint density at radius 3 is 2.80 bits per heavy atom. The van der Waals surface area contributed by atoms with Crippen molar-refractivity contribution in [1.29, 1.82) is 0 Å². The van der Waals surface area contributed by atoms with Gasteiger partial charge in [-0.25, -0.2) is 0 Å². The summed E-state index contributed by atoms with van der Waals surface area (Å²) in [4.78, 5) is 12.3. The van der Waals surface area contributed by atoms with E-state index in [0.29, 0.717) is 16.6 Å². The van der Waals surface area contributed by atoms with Crippen molar-refractivity contribution < 1.29 is 9.21 Å². The number of nitrogens with zero attached hydrogens (tertiary/aromatic N) is 3. The maximum atomic E-state index is 12.3. The van der Waals surface area contributed by atoms with Crippen LogP contribution in [0.1, 0.15) is 16.4 Å². The summed E-state index contributed by atoms with van der Waals surface area (Å²) >= 11 is 6.15. The number of carbonyl (C=O) groups excluding carboxylic acids is 1. The van der Waals surface area contributed by atoms with Crippen molar-refractivity contribution in [2.24, 2.45) is 0 Å². The average molecular weight is 353 g/mol. The van der Waals surface area contributed by atoms with E-state index in [2.05, 4.69) is 15.5 Å². The van der Waals surface area contributed by atoms with Crippen LogP contribution in [0, 0.1) is 0 Å². The molecule has 1 aromatic carbocycles. The molecule has 0 aliphatic rings. The van der Waals surface area contributed by atoms with Gasteiger partial charge in [-0.05, 0) is 36.4 Å². The molecule has 0 aliphatic carbocycles. The first kappa shape index (κ1) is 15.4. The van der Waals surface area contributed by atoms with E-state index < -0.39 is 0 Å². The van der Waals surface area contributed by atoms with Crippen LogP contribution in [0.15, 0.2) is 65.2 Å². The Hall–Kier alpha value is -3.12. The summed E-state index contributed by atoms with van der Waals surface area (Å²) in [6.07, 6.45) is 1.85. The van der Waals surface area contributed by atoms with Crippen molar-refractivity contribution in [3.63, 3.8) is 0 Å². The fourth-order valence-corrected chi connectivity index (χ4v) is 2.75. The predicted molar refractivity (Wildman–Crippen MR) is 93.3 cm³/mol. The number of fused-ring (bicyclic) bond motifs is 1. The lowest BCUT2D eigenvalue weighted by molar-refractivity contribution is 0.0923. The van der Waals surface area contributed by atoms with E-state index in [1.807, 2.05) is 47.0 Å². The molecule has 0 unspecified atom stereocenters. The number of rotatable bonds is 4. The van der Waals surface area contributed by atoms with E-state index in [-0.39, 0.29) is 18.2 Å². The third-order valence-electron chi connectivity index (χ3n) is 3.76. The Balaban J connectivity index is 1.50. The van der Waals surface area contributed by atoms with Gasteiger partial charge in [-0.15, -0.1) is 10.2 Å². The van der Waals surface area contributed by atoms with Crippen LogP contribution in [0.4, 0.5) is 0 Å². The van der Waals surface area contributed by atoms with Gasteiger partial charge in [0, 0.05) is 11.8 Å². The number of aromatic nitrogens is 3. The fourth-order valence-electron chi connectivity index (χ4n) is 2.52. The predicted octanol–water partition coefficient (Wildman–Crippen LogP) is 3.57. The highest BCUT2D eigenvalue weighted by Gasteiger charge is 2.14. The lowest BCUT2D eigenvalue weighted by Crippen LogP contribution is -2.23. The molecule has 0 fully saturated rings. The van der Waals surface area contributed by atoms with Crippen LogP contribution in [0.2, 0.25) is 5.02 Å². The fraction of sp³-hybridized carbons (Fsp3) is 0.0556. The zero-order valence-electron chi connectivity index (χ0n) is 13.0. The molecule has 4 aromatic rings. The first-order valence-electron chi connectivity index (χ1n) is 7.64. The standard InChI is InChI=1S/C18H13ClN4O2/c19-13-6-2-1-5-12(13)14-8-9-15(25-14)18(24)20-11-17-22-21-16-7-3-4-10-23(16)17/h1-10H,11H2,(H,20,24). The van der Waals surface area contributed by atoms with Gasteiger partial charge in [0.25, 0.3) is 5.91 Å². The minimum absolute atomic E-state index is 0.212. The number of hydrogen-bond acceptors (Lipinski definition) is 4. The Labute approximate surface area is 148 Å². The highest BCUT2D eigenvalue weighted by molar-refractivity contribution is 6.33. The SMILES string of the molecule is O=C(NCc1nnc2ccccn12)c1ccc(-c2ccccc2Cl)o1. The van der Waals surface area contributed by atoms with E-state index in [4.69, 9.17) is 16.0 Å². The maximum Gasteiger partial charge on any atom is 0.287 e. The number of carbonyl (C=O) groups is 1. The lowest BCUT2D eigenvalue weighted by Gasteiger charge is -2.02. The van der Waals surface area contributed by atoms with E-state index in [0.717, 1.165) is 11.2 Å². The lowest BCUT2D eigenvalue weighted by atomic mass is 10.2. The molecular formula is C18H13ClN4O2. The number of amides is 1. The zero-order valence-corrected chi connectivity index (χ0v) is 13.8. The molecule has 0 saturated heterocycles. The molecule has 4 rings (SSSR count). The first-order valence-corrected chi connectivity index (χ1v) is 8.02. The number of benzene rings is 1. The molecule has 0 atom stereocenters. The molecule has 0 bridgehead atoms. The van der Waals surface area contributed by atoms with Crippen LogP contribution in [-0.2, 0) is 6.54 Å². The average Bonchev–Trinajstić information content (AvgIpc) is 3.27. The highest BCUT2D eigenvalue weighted by Crippen LogP contribution is 2.28. The Bertz CT molecular complexity index is 1050. The molecule has 3 aromatic heterocycles. The summed E-state index contributed by atoms with van der Waals surface area (Å²) in [5, 5.41) is 11.5. The molecule has 0 spiro atoms. The van der Waals surface area contributed by atoms with Crippen molar-refractivity contribution in [3.8, 4) is 11.3 Å². The van der Waals surface area contributed by atoms with Crippen LogP contribution < -0.4 is 5.32 Å². The van der Waals surface area contributed by atoms with Gasteiger partial charge in [0.15, 0.2) is 17.2 Å². The molecule has 1 N–H and O–H groups in total. The van der Waals surface area contributed by atoms with Crippen LogP contribution in [0.25, 0.3) is 17.0 Å². The van der Waals surface area contributed by atoms with Gasteiger partial charge in [0.1, 0.15) is 5.76 Å². The largest absolute Gasteiger partial charge is 0.451 e. The monoisotopic (exact) mass is 352 g/mol. The Kier molecular flexibility index (Phi) is 3.95. The third kappa shape index (κ3) is 2.99. The number of nitrogens with one attached hydrogen (secondary N) is 1. The van der Waals surface area contributed by atoms with Gasteiger partial charge < -0.3 is 9.73 Å². The van der Waals surface area contributed by atoms with E-state index in [1.54, 1.807) is 18.2 Å². The quantitative estimate of drug-likeness (QED) is 0.609. The molecule has 0 saturated carbocycles. The second-order valence-corrected chi connectivity index (χ2v) is 5.78. The first-order chi connectivity index (χ1) is 12.2. The summed E-state index contributed by atoms with van der Waals surface area (Å²) in [5.74, 6) is 1.07. The van der Waals surface area contributed by atoms with Crippen molar-refractivity contribution in [3.05, 3.63) is 77.4 Å². The second-order valence-electron chi connectivity index (χ2n) is 5.37. The molecular weight excluding hydrogens is 340 g/mol. The van der Waals surface area contributed by atoms with Gasteiger partial charge in [0.05, 0.1) is 11.6 Å². The van der Waals surface area contributed by atoms with Crippen LogP contribution in [-0.4, -0.2) is 20.5 Å². The second kappa shape index (κ2) is 6.41. The highest BCUT2D eigenvalue weighted by atomic mass is 35.5. The third-order valence-corrected chi connectivity index (χ3v) is 4.09. The number of hydrogen-bond donors (Lipinski definition) is 1. The summed E-state index contributed by atoms with van der Waals surface area (Å²) in [7, 11) is 0. The molecule has 124 valence electrons. The van der Waals surface area contributed by atoms with Crippen molar-refractivity contribution in [1.82, 2.24) is 19.9 Å². The topological polar surface area (TPSA) is 72.4 Å². The van der Waals surface area contributed by atoms with Crippen molar-refractivity contribution in [2.75, 3.05) is 0 Å². The summed E-state index contributed by atoms with van der Waals surface area (Å²) in [6.45, 7) is 0.242. The summed E-state index contributed by atoms with van der Waals surface area (Å²) in [6, 6.07) is 16.3. The molecule has 7 heteroatoms. The zero-order chi connectivity index (χ0) is 17.2. The Morgan fingerprint density at radius 1 is 1.08 bits per heavy atom. The number of pyridine rings is 1. The minimum atomic E-state index is -0.328. The van der Waals surface area contributed by atoms with Gasteiger partial charge in [-0.2, -0.15) is 0 Å². The molecule has 6 nitrogen and oxygen atoms in total. The van der Waals surface area contributed by atoms with Gasteiger partial charge in [-0.1, -0.05) is 29.8 Å². The van der Waals surface area contributed by atoms with Gasteiger partial charge in [0.2, 0.25) is 0 Å². The van der Waals surface area contributed by atoms with Gasteiger partial charge in [-0.3, -0.25) is 9.20 Å². The molecule has 0 aliphatic heterocycles. The van der Waals surface area contributed by atoms with E-state index in [9.17, 15) is 4.79 Å². The van der Waals surface area contributed by atoms with E-state index in [1.165, 1.54) is 0 Å². The molecule has 3 heterocycles.